The normalized spacial score (nSPS) is 11.5. The fraction of sp³-hybridized carbons (Fsp3) is 0.389. The summed E-state index contributed by atoms with van der Waals surface area (Å²) >= 11 is 0. The predicted molar refractivity (Wildman–Crippen MR) is 94.9 cm³/mol. The first-order valence-corrected chi connectivity index (χ1v) is 8.30. The molecule has 6 nitrogen and oxygen atoms in total. The van der Waals surface area contributed by atoms with E-state index in [1.54, 1.807) is 38.4 Å². The van der Waals surface area contributed by atoms with Crippen LogP contribution in [0.25, 0.3) is 0 Å². The molecular formula is C18H23F2N3O3. The number of alkyl halides is 2. The van der Waals surface area contributed by atoms with Crippen molar-refractivity contribution in [3.8, 4) is 11.5 Å². The number of rotatable bonds is 9. The Hall–Kier alpha value is -2.77. The molecule has 0 bridgehead atoms. The number of ether oxygens (including phenoxy) is 2. The lowest BCUT2D eigenvalue weighted by molar-refractivity contribution is -0.0520. The molecule has 0 aliphatic carbocycles. The number of nitrogens with one attached hydrogen (secondary N) is 2. The van der Waals surface area contributed by atoms with Gasteiger partial charge in [-0.15, -0.1) is 0 Å². The molecule has 0 radical (unpaired) electrons. The van der Waals surface area contributed by atoms with Crippen LogP contribution in [0.15, 0.2) is 46.0 Å². The van der Waals surface area contributed by atoms with Gasteiger partial charge >= 0.3 is 6.61 Å². The summed E-state index contributed by atoms with van der Waals surface area (Å²) in [5.74, 6) is 1.72. The zero-order valence-corrected chi connectivity index (χ0v) is 14.8. The van der Waals surface area contributed by atoms with Gasteiger partial charge < -0.3 is 24.5 Å². The summed E-state index contributed by atoms with van der Waals surface area (Å²) in [5.41, 5.74) is 0.547. The molecule has 0 saturated heterocycles. The molecule has 1 aromatic carbocycles. The van der Waals surface area contributed by atoms with E-state index in [4.69, 9.17) is 9.15 Å². The van der Waals surface area contributed by atoms with Gasteiger partial charge in [0, 0.05) is 32.1 Å². The molecule has 1 heterocycles. The molecule has 8 heteroatoms. The quantitative estimate of drug-likeness (QED) is 0.526. The van der Waals surface area contributed by atoms with Crippen molar-refractivity contribution in [2.45, 2.75) is 26.5 Å². The van der Waals surface area contributed by atoms with Gasteiger partial charge in [-0.2, -0.15) is 8.78 Å². The predicted octanol–water partition coefficient (Wildman–Crippen LogP) is 3.19. The average molecular weight is 367 g/mol. The van der Waals surface area contributed by atoms with Crippen molar-refractivity contribution in [3.05, 3.63) is 47.9 Å². The first-order chi connectivity index (χ1) is 12.6. The van der Waals surface area contributed by atoms with Gasteiger partial charge in [0.25, 0.3) is 0 Å². The minimum Gasteiger partial charge on any atom is -0.490 e. The fourth-order valence-electron chi connectivity index (χ4n) is 2.35. The Bertz CT molecular complexity index is 691. The van der Waals surface area contributed by atoms with Crippen LogP contribution >= 0.6 is 0 Å². The van der Waals surface area contributed by atoms with E-state index in [1.807, 2.05) is 12.1 Å². The van der Waals surface area contributed by atoms with Crippen molar-refractivity contribution in [2.75, 3.05) is 20.2 Å². The van der Waals surface area contributed by atoms with E-state index >= 15 is 0 Å². The number of aliphatic imine (C=N–C) groups is 1. The zero-order valence-electron chi connectivity index (χ0n) is 14.8. The molecule has 2 N–H and O–H groups in total. The molecule has 0 saturated carbocycles. The second-order valence-corrected chi connectivity index (χ2v) is 5.24. The number of halogens is 2. The van der Waals surface area contributed by atoms with Gasteiger partial charge in [0.2, 0.25) is 0 Å². The van der Waals surface area contributed by atoms with Crippen molar-refractivity contribution >= 4 is 5.96 Å². The first-order valence-electron chi connectivity index (χ1n) is 8.30. The molecular weight excluding hydrogens is 344 g/mol. The van der Waals surface area contributed by atoms with Crippen LogP contribution in [0.2, 0.25) is 0 Å². The number of nitrogens with zero attached hydrogens (tertiary/aromatic N) is 1. The molecule has 0 aliphatic heterocycles. The largest absolute Gasteiger partial charge is 0.490 e. The highest BCUT2D eigenvalue weighted by Crippen LogP contribution is 2.32. The van der Waals surface area contributed by atoms with E-state index in [-0.39, 0.29) is 18.0 Å². The van der Waals surface area contributed by atoms with E-state index < -0.39 is 6.61 Å². The standard InChI is InChI=1S/C18H23F2N3O3/c1-3-24-15-8-4-6-13(16(15)26-17(19)20)12-23-18(21-2)22-10-9-14-7-5-11-25-14/h4-8,11,17H,3,9-10,12H2,1-2H3,(H2,21,22,23). The summed E-state index contributed by atoms with van der Waals surface area (Å²) < 4.78 is 40.8. The average Bonchev–Trinajstić information content (AvgIpc) is 3.13. The molecule has 142 valence electrons. The van der Waals surface area contributed by atoms with Crippen LogP contribution in [0, 0.1) is 0 Å². The third kappa shape index (κ3) is 5.94. The number of hydrogen-bond donors (Lipinski definition) is 2. The maximum Gasteiger partial charge on any atom is 0.387 e. The lowest BCUT2D eigenvalue weighted by Gasteiger charge is -2.17. The van der Waals surface area contributed by atoms with Crippen molar-refractivity contribution in [3.63, 3.8) is 0 Å². The zero-order chi connectivity index (χ0) is 18.8. The van der Waals surface area contributed by atoms with Crippen molar-refractivity contribution in [2.24, 2.45) is 4.99 Å². The minimum absolute atomic E-state index is 0.0305. The highest BCUT2D eigenvalue weighted by atomic mass is 19.3. The number of benzene rings is 1. The molecule has 0 atom stereocenters. The van der Waals surface area contributed by atoms with Crippen molar-refractivity contribution in [1.29, 1.82) is 0 Å². The highest BCUT2D eigenvalue weighted by molar-refractivity contribution is 5.79. The Morgan fingerprint density at radius 2 is 2.08 bits per heavy atom. The number of hydrogen-bond acceptors (Lipinski definition) is 4. The monoisotopic (exact) mass is 367 g/mol. The van der Waals surface area contributed by atoms with Crippen LogP contribution in [-0.2, 0) is 13.0 Å². The lowest BCUT2D eigenvalue weighted by atomic mass is 10.2. The minimum atomic E-state index is -2.93. The van der Waals surface area contributed by atoms with Crippen LogP contribution in [0.1, 0.15) is 18.2 Å². The summed E-state index contributed by atoms with van der Waals surface area (Å²) in [5, 5.41) is 6.21. The first kappa shape index (κ1) is 19.6. The Labute approximate surface area is 151 Å². The molecule has 2 rings (SSSR count). The Kier molecular flexibility index (Phi) is 7.73. The summed E-state index contributed by atoms with van der Waals surface area (Å²) in [6.07, 6.45) is 2.32. The second-order valence-electron chi connectivity index (χ2n) is 5.24. The lowest BCUT2D eigenvalue weighted by Crippen LogP contribution is -2.37. The number of guanidine groups is 1. The SMILES string of the molecule is CCOc1cccc(CNC(=NC)NCCc2ccco2)c1OC(F)F. The Morgan fingerprint density at radius 1 is 1.23 bits per heavy atom. The summed E-state index contributed by atoms with van der Waals surface area (Å²) in [6, 6.07) is 8.75. The third-order valence-electron chi connectivity index (χ3n) is 3.48. The van der Waals surface area contributed by atoms with Crippen LogP contribution in [0.5, 0.6) is 11.5 Å². The highest BCUT2D eigenvalue weighted by Gasteiger charge is 2.16. The van der Waals surface area contributed by atoms with E-state index in [0.29, 0.717) is 31.1 Å². The van der Waals surface area contributed by atoms with E-state index in [9.17, 15) is 8.78 Å². The van der Waals surface area contributed by atoms with Gasteiger partial charge in [0.15, 0.2) is 17.5 Å². The smallest absolute Gasteiger partial charge is 0.387 e. The van der Waals surface area contributed by atoms with Gasteiger partial charge in [-0.1, -0.05) is 12.1 Å². The maximum absolute atomic E-state index is 12.7. The van der Waals surface area contributed by atoms with Crippen LogP contribution in [-0.4, -0.2) is 32.8 Å². The Balaban J connectivity index is 1.96. The van der Waals surface area contributed by atoms with Crippen LogP contribution in [0.3, 0.4) is 0 Å². The van der Waals surface area contributed by atoms with Gasteiger partial charge in [-0.25, -0.2) is 0 Å². The molecule has 0 unspecified atom stereocenters. The molecule has 26 heavy (non-hydrogen) atoms. The van der Waals surface area contributed by atoms with Gasteiger partial charge in [0.05, 0.1) is 12.9 Å². The van der Waals surface area contributed by atoms with Crippen molar-refractivity contribution in [1.82, 2.24) is 10.6 Å². The summed E-state index contributed by atoms with van der Waals surface area (Å²) in [6.45, 7) is 0.0747. The summed E-state index contributed by atoms with van der Waals surface area (Å²) in [7, 11) is 1.63. The van der Waals surface area contributed by atoms with Crippen LogP contribution in [0.4, 0.5) is 8.78 Å². The maximum atomic E-state index is 12.7. The summed E-state index contributed by atoms with van der Waals surface area (Å²) in [4.78, 5) is 4.11. The molecule has 0 spiro atoms. The molecule has 0 fully saturated rings. The van der Waals surface area contributed by atoms with E-state index in [0.717, 1.165) is 5.76 Å². The van der Waals surface area contributed by atoms with Crippen LogP contribution < -0.4 is 20.1 Å². The number of furan rings is 1. The molecule has 0 aliphatic rings. The topological polar surface area (TPSA) is 68.0 Å². The van der Waals surface area contributed by atoms with E-state index in [2.05, 4.69) is 20.4 Å². The van der Waals surface area contributed by atoms with Crippen molar-refractivity contribution < 1.29 is 22.7 Å². The Morgan fingerprint density at radius 3 is 2.73 bits per heavy atom. The fourth-order valence-corrected chi connectivity index (χ4v) is 2.35. The van der Waals surface area contributed by atoms with Gasteiger partial charge in [0.1, 0.15) is 5.76 Å². The van der Waals surface area contributed by atoms with E-state index in [1.165, 1.54) is 0 Å². The molecule has 0 amide bonds. The van der Waals surface area contributed by atoms with Gasteiger partial charge in [-0.3, -0.25) is 4.99 Å². The third-order valence-corrected chi connectivity index (χ3v) is 3.48. The molecule has 1 aromatic heterocycles. The molecule has 2 aromatic rings. The second kappa shape index (κ2) is 10.3. The van der Waals surface area contributed by atoms with Gasteiger partial charge in [-0.05, 0) is 25.1 Å². The number of para-hydroxylation sites is 1.